The number of benzene rings is 2. The molecular weight excluding hydrogens is 353 g/mol. The van der Waals surface area contributed by atoms with Gasteiger partial charge in [0.15, 0.2) is 46.5 Å². The summed E-state index contributed by atoms with van der Waals surface area (Å²) >= 11 is 0. The molecule has 0 bridgehead atoms. The second-order valence-corrected chi connectivity index (χ2v) is 4.43. The third-order valence-electron chi connectivity index (χ3n) is 3.10. The van der Waals surface area contributed by atoms with Gasteiger partial charge in [0.1, 0.15) is 5.92 Å². The van der Waals surface area contributed by atoms with E-state index >= 15 is 0 Å². The van der Waals surface area contributed by atoms with Crippen LogP contribution in [0.2, 0.25) is 0 Å². The molecule has 0 aromatic heterocycles. The summed E-state index contributed by atoms with van der Waals surface area (Å²) in [6, 6.07) is 0.628. The van der Waals surface area contributed by atoms with Crippen molar-refractivity contribution in [2.45, 2.75) is 5.92 Å². The average Bonchev–Trinajstić information content (AvgIpc) is 2.55. The summed E-state index contributed by atoms with van der Waals surface area (Å²) in [5.74, 6) is -23.9. The normalized spacial score (nSPS) is 12.2. The molecule has 0 aliphatic rings. The van der Waals surface area contributed by atoms with Crippen LogP contribution >= 0.6 is 0 Å². The van der Waals surface area contributed by atoms with E-state index in [1.807, 2.05) is 0 Å². The number of nitriles is 1. The van der Waals surface area contributed by atoms with E-state index < -0.39 is 69.4 Å². The summed E-state index contributed by atoms with van der Waals surface area (Å²) in [6.07, 6.45) is 0. The molecule has 0 N–H and O–H groups in total. The van der Waals surface area contributed by atoms with Crippen molar-refractivity contribution in [3.63, 3.8) is 0 Å². The van der Waals surface area contributed by atoms with Gasteiger partial charge in [0.2, 0.25) is 5.82 Å². The molecule has 2 aromatic rings. The van der Waals surface area contributed by atoms with E-state index in [2.05, 4.69) is 0 Å². The molecule has 0 spiro atoms. The molecule has 0 aliphatic carbocycles. The molecule has 0 saturated carbocycles. The number of hydrogen-bond acceptors (Lipinski definition) is 1. The fourth-order valence-corrected chi connectivity index (χ4v) is 1.99. The average molecular weight is 355 g/mol. The Balaban J connectivity index is 2.90. The molecule has 0 amide bonds. The van der Waals surface area contributed by atoms with Crippen LogP contribution in [0.15, 0.2) is 6.07 Å². The molecule has 0 heterocycles. The van der Waals surface area contributed by atoms with Crippen LogP contribution in [-0.4, -0.2) is 0 Å². The standard InChI is InChI=1S/C14H2F9N/c15-4-1-5(16)9(18)6(8(4)17)3(2-24)7-10(19)12(21)14(23)13(22)11(7)20/h1,3H. The maximum atomic E-state index is 13.7. The quantitative estimate of drug-likeness (QED) is 0.439. The minimum Gasteiger partial charge on any atom is -0.204 e. The lowest BCUT2D eigenvalue weighted by molar-refractivity contribution is 0.367. The zero-order chi connectivity index (χ0) is 18.3. The smallest absolute Gasteiger partial charge is 0.200 e. The summed E-state index contributed by atoms with van der Waals surface area (Å²) in [6.45, 7) is 0. The Kier molecular flexibility index (Phi) is 4.46. The molecule has 10 heteroatoms. The Hall–Kier alpha value is -2.70. The van der Waals surface area contributed by atoms with Crippen LogP contribution < -0.4 is 0 Å². The van der Waals surface area contributed by atoms with Crippen LogP contribution in [0.5, 0.6) is 0 Å². The van der Waals surface area contributed by atoms with Gasteiger partial charge in [-0.05, 0) is 0 Å². The lowest BCUT2D eigenvalue weighted by Crippen LogP contribution is -2.15. The first kappa shape index (κ1) is 17.7. The molecule has 0 fully saturated rings. The topological polar surface area (TPSA) is 23.8 Å². The predicted molar refractivity (Wildman–Crippen MR) is 60.0 cm³/mol. The van der Waals surface area contributed by atoms with E-state index in [0.717, 1.165) is 6.07 Å². The highest BCUT2D eigenvalue weighted by Crippen LogP contribution is 2.36. The monoisotopic (exact) mass is 355 g/mol. The second-order valence-electron chi connectivity index (χ2n) is 4.43. The van der Waals surface area contributed by atoms with Crippen LogP contribution in [0.1, 0.15) is 17.0 Å². The lowest BCUT2D eigenvalue weighted by Gasteiger charge is -2.15. The first-order valence-electron chi connectivity index (χ1n) is 5.87. The van der Waals surface area contributed by atoms with Crippen LogP contribution in [0.4, 0.5) is 39.5 Å². The fourth-order valence-electron chi connectivity index (χ4n) is 1.99. The summed E-state index contributed by atoms with van der Waals surface area (Å²) in [4.78, 5) is 0. The minimum absolute atomic E-state index is 0.249. The van der Waals surface area contributed by atoms with Crippen LogP contribution in [0.3, 0.4) is 0 Å². The lowest BCUT2D eigenvalue weighted by atomic mass is 9.90. The molecule has 1 atom stereocenters. The first-order chi connectivity index (χ1) is 11.1. The molecular formula is C14H2F9N. The molecule has 2 rings (SSSR count). The number of halogens is 9. The highest BCUT2D eigenvalue weighted by molar-refractivity contribution is 5.42. The molecule has 0 saturated heterocycles. The minimum atomic E-state index is -2.83. The highest BCUT2D eigenvalue weighted by Gasteiger charge is 2.35. The number of nitrogens with zero attached hydrogens (tertiary/aromatic N) is 1. The largest absolute Gasteiger partial charge is 0.204 e. The Labute approximate surface area is 127 Å². The van der Waals surface area contributed by atoms with E-state index in [9.17, 15) is 39.5 Å². The Morgan fingerprint density at radius 2 is 0.917 bits per heavy atom. The van der Waals surface area contributed by atoms with E-state index in [-0.39, 0.29) is 6.07 Å². The van der Waals surface area contributed by atoms with Gasteiger partial charge >= 0.3 is 0 Å². The van der Waals surface area contributed by atoms with E-state index in [1.54, 1.807) is 0 Å². The molecule has 2 aromatic carbocycles. The van der Waals surface area contributed by atoms with Crippen molar-refractivity contribution in [2.75, 3.05) is 0 Å². The Morgan fingerprint density at radius 3 is 1.29 bits per heavy atom. The third-order valence-corrected chi connectivity index (χ3v) is 3.10. The number of rotatable bonds is 2. The first-order valence-corrected chi connectivity index (χ1v) is 5.87. The highest BCUT2D eigenvalue weighted by atomic mass is 19.2. The van der Waals surface area contributed by atoms with Gasteiger partial charge in [-0.2, -0.15) is 5.26 Å². The summed E-state index contributed by atoms with van der Waals surface area (Å²) in [5.41, 5.74) is -3.75. The van der Waals surface area contributed by atoms with Crippen molar-refractivity contribution in [1.29, 1.82) is 5.26 Å². The molecule has 126 valence electrons. The van der Waals surface area contributed by atoms with E-state index in [0.29, 0.717) is 0 Å². The molecule has 1 nitrogen and oxygen atoms in total. The Morgan fingerprint density at radius 1 is 0.583 bits per heavy atom. The van der Waals surface area contributed by atoms with E-state index in [1.165, 1.54) is 0 Å². The maximum absolute atomic E-state index is 13.7. The van der Waals surface area contributed by atoms with Gasteiger partial charge in [-0.1, -0.05) is 0 Å². The van der Waals surface area contributed by atoms with Gasteiger partial charge in [-0.15, -0.1) is 0 Å². The van der Waals surface area contributed by atoms with Crippen molar-refractivity contribution in [3.8, 4) is 6.07 Å². The molecule has 0 aliphatic heterocycles. The van der Waals surface area contributed by atoms with Crippen molar-refractivity contribution >= 4 is 0 Å². The maximum Gasteiger partial charge on any atom is 0.200 e. The van der Waals surface area contributed by atoms with Gasteiger partial charge in [0.25, 0.3) is 0 Å². The van der Waals surface area contributed by atoms with Crippen molar-refractivity contribution in [2.24, 2.45) is 0 Å². The summed E-state index contributed by atoms with van der Waals surface area (Å²) in [7, 11) is 0. The van der Waals surface area contributed by atoms with Crippen LogP contribution in [-0.2, 0) is 0 Å². The van der Waals surface area contributed by atoms with Gasteiger partial charge in [0, 0.05) is 6.07 Å². The van der Waals surface area contributed by atoms with Crippen molar-refractivity contribution in [3.05, 3.63) is 69.5 Å². The van der Waals surface area contributed by atoms with Gasteiger partial charge in [-0.25, -0.2) is 39.5 Å². The van der Waals surface area contributed by atoms with Crippen molar-refractivity contribution in [1.82, 2.24) is 0 Å². The Bertz CT molecular complexity index is 830. The molecule has 0 radical (unpaired) electrons. The predicted octanol–water partition coefficient (Wildman–Crippen LogP) is 4.59. The van der Waals surface area contributed by atoms with Crippen LogP contribution in [0.25, 0.3) is 0 Å². The number of hydrogen-bond donors (Lipinski definition) is 0. The van der Waals surface area contributed by atoms with Gasteiger partial charge in [0.05, 0.1) is 17.2 Å². The van der Waals surface area contributed by atoms with E-state index in [4.69, 9.17) is 5.26 Å². The SMILES string of the molecule is N#CC(c1c(F)c(F)cc(F)c1F)c1c(F)c(F)c(F)c(F)c1F. The zero-order valence-corrected chi connectivity index (χ0v) is 11.0. The second kappa shape index (κ2) is 6.07. The van der Waals surface area contributed by atoms with Crippen LogP contribution in [0, 0.1) is 63.7 Å². The van der Waals surface area contributed by atoms with Crippen molar-refractivity contribution < 1.29 is 39.5 Å². The van der Waals surface area contributed by atoms with Gasteiger partial charge in [-0.3, -0.25) is 0 Å². The van der Waals surface area contributed by atoms with Gasteiger partial charge < -0.3 is 0 Å². The molecule has 24 heavy (non-hydrogen) atoms. The summed E-state index contributed by atoms with van der Waals surface area (Å²) in [5, 5.41) is 8.86. The zero-order valence-electron chi connectivity index (χ0n) is 11.0. The fraction of sp³-hybridized carbons (Fsp3) is 0.0714. The summed E-state index contributed by atoms with van der Waals surface area (Å²) < 4.78 is 120. The third kappa shape index (κ3) is 2.46. The molecule has 1 unspecified atom stereocenters.